The van der Waals surface area contributed by atoms with Crippen molar-refractivity contribution in [1.82, 2.24) is 0 Å². The van der Waals surface area contributed by atoms with E-state index in [9.17, 15) is 9.59 Å². The number of rotatable bonds is 24. The Morgan fingerprint density at radius 1 is 0.415 bits per heavy atom. The van der Waals surface area contributed by atoms with E-state index in [1.54, 1.807) is 50.6 Å². The lowest BCUT2D eigenvalue weighted by atomic mass is 10.2. The monoisotopic (exact) mass is 734 g/mol. The molecule has 4 aromatic carbocycles. The van der Waals surface area contributed by atoms with Gasteiger partial charge in [0.1, 0.15) is 37.9 Å². The van der Waals surface area contributed by atoms with Crippen molar-refractivity contribution in [3.63, 3.8) is 0 Å². The minimum Gasteiger partial charge on any atom is -0.497 e. The van der Waals surface area contributed by atoms with Crippen LogP contribution in [0.5, 0.6) is 34.5 Å². The SMILES string of the molecule is COC(=O)c1ccc(OCc2ccc(OC)cc2)c(OCCOCCOCCOCCOc2cc(C(=O)OC)ccc2OCc2ccc(OC)cc2)c1. The number of hydrogen-bond acceptors (Lipinski definition) is 13. The highest BCUT2D eigenvalue weighted by molar-refractivity contribution is 5.90. The third kappa shape index (κ3) is 13.5. The standard InChI is InChI=1S/C40H46O13/c1-43-33-11-5-29(6-12-33)27-52-35-15-9-31(39(41)45-3)25-37(35)50-23-21-48-19-17-47-18-20-49-22-24-51-38-26-32(40(42)46-4)10-16-36(38)53-28-30-7-13-34(44-2)14-8-30/h5-16,25-26H,17-24,27-28H2,1-4H3. The number of carbonyl (C=O) groups is 2. The lowest BCUT2D eigenvalue weighted by Crippen LogP contribution is -2.14. The Morgan fingerprint density at radius 3 is 1.11 bits per heavy atom. The molecule has 0 fully saturated rings. The molecular formula is C40H46O13. The fourth-order valence-electron chi connectivity index (χ4n) is 4.70. The zero-order chi connectivity index (χ0) is 37.7. The van der Waals surface area contributed by atoms with Gasteiger partial charge >= 0.3 is 11.9 Å². The Bertz CT molecular complexity index is 1570. The zero-order valence-corrected chi connectivity index (χ0v) is 30.5. The summed E-state index contributed by atoms with van der Waals surface area (Å²) in [5, 5.41) is 0. The summed E-state index contributed by atoms with van der Waals surface area (Å²) in [4.78, 5) is 24.2. The van der Waals surface area contributed by atoms with Crippen LogP contribution in [0.3, 0.4) is 0 Å². The van der Waals surface area contributed by atoms with Gasteiger partial charge in [-0.1, -0.05) is 24.3 Å². The van der Waals surface area contributed by atoms with Crippen LogP contribution in [0.1, 0.15) is 31.8 Å². The van der Waals surface area contributed by atoms with E-state index in [0.29, 0.717) is 87.0 Å². The molecular weight excluding hydrogens is 688 g/mol. The summed E-state index contributed by atoms with van der Waals surface area (Å²) in [6, 6.07) is 24.8. The molecule has 0 heterocycles. The summed E-state index contributed by atoms with van der Waals surface area (Å²) < 4.78 is 60.7. The average Bonchev–Trinajstić information content (AvgIpc) is 3.21. The fraction of sp³-hybridized carbons (Fsp3) is 0.350. The third-order valence-electron chi connectivity index (χ3n) is 7.55. The van der Waals surface area contributed by atoms with Crippen molar-refractivity contribution in [2.75, 3.05) is 81.3 Å². The maximum absolute atomic E-state index is 12.1. The first-order chi connectivity index (χ1) is 25.9. The smallest absolute Gasteiger partial charge is 0.337 e. The number of benzene rings is 4. The molecule has 0 aliphatic carbocycles. The Balaban J connectivity index is 1.11. The summed E-state index contributed by atoms with van der Waals surface area (Å²) in [7, 11) is 5.87. The van der Waals surface area contributed by atoms with E-state index in [0.717, 1.165) is 22.6 Å². The highest BCUT2D eigenvalue weighted by Crippen LogP contribution is 2.31. The van der Waals surface area contributed by atoms with Gasteiger partial charge in [-0.3, -0.25) is 0 Å². The van der Waals surface area contributed by atoms with Crippen molar-refractivity contribution in [2.45, 2.75) is 13.2 Å². The summed E-state index contributed by atoms with van der Waals surface area (Å²) in [6.45, 7) is 3.07. The Labute approximate surface area is 309 Å². The summed E-state index contributed by atoms with van der Waals surface area (Å²) in [5.41, 5.74) is 2.57. The second-order valence-electron chi connectivity index (χ2n) is 11.1. The van der Waals surface area contributed by atoms with Gasteiger partial charge in [0.25, 0.3) is 0 Å². The molecule has 4 aromatic rings. The molecule has 0 spiro atoms. The second kappa shape index (κ2) is 22.4. The van der Waals surface area contributed by atoms with Crippen molar-refractivity contribution in [3.8, 4) is 34.5 Å². The molecule has 4 rings (SSSR count). The van der Waals surface area contributed by atoms with Gasteiger partial charge in [0.05, 0.1) is 79.2 Å². The summed E-state index contributed by atoms with van der Waals surface area (Å²) >= 11 is 0. The van der Waals surface area contributed by atoms with Gasteiger partial charge in [0.2, 0.25) is 0 Å². The van der Waals surface area contributed by atoms with Crippen LogP contribution in [0, 0.1) is 0 Å². The molecule has 0 saturated carbocycles. The van der Waals surface area contributed by atoms with E-state index < -0.39 is 11.9 Å². The molecule has 0 unspecified atom stereocenters. The molecule has 0 aromatic heterocycles. The van der Waals surface area contributed by atoms with Crippen molar-refractivity contribution >= 4 is 11.9 Å². The number of methoxy groups -OCH3 is 4. The quantitative estimate of drug-likeness (QED) is 0.0621. The molecule has 13 nitrogen and oxygen atoms in total. The van der Waals surface area contributed by atoms with Crippen LogP contribution in [0.2, 0.25) is 0 Å². The van der Waals surface area contributed by atoms with Crippen LogP contribution in [-0.2, 0) is 36.9 Å². The zero-order valence-electron chi connectivity index (χ0n) is 30.5. The maximum Gasteiger partial charge on any atom is 0.337 e. The van der Waals surface area contributed by atoms with Crippen LogP contribution in [0.25, 0.3) is 0 Å². The molecule has 0 radical (unpaired) electrons. The normalized spacial score (nSPS) is 10.6. The molecule has 284 valence electrons. The first-order valence-electron chi connectivity index (χ1n) is 16.9. The molecule has 0 aliphatic rings. The van der Waals surface area contributed by atoms with Crippen molar-refractivity contribution < 1.29 is 61.7 Å². The van der Waals surface area contributed by atoms with E-state index in [1.807, 2.05) is 48.5 Å². The van der Waals surface area contributed by atoms with Gasteiger partial charge in [0.15, 0.2) is 23.0 Å². The Morgan fingerprint density at radius 2 is 0.774 bits per heavy atom. The van der Waals surface area contributed by atoms with Gasteiger partial charge in [-0.15, -0.1) is 0 Å². The summed E-state index contributed by atoms with van der Waals surface area (Å²) in [6.07, 6.45) is 0. The van der Waals surface area contributed by atoms with Crippen molar-refractivity contribution in [1.29, 1.82) is 0 Å². The van der Waals surface area contributed by atoms with Crippen LogP contribution >= 0.6 is 0 Å². The number of hydrogen-bond donors (Lipinski definition) is 0. The number of carbonyl (C=O) groups excluding carboxylic acids is 2. The maximum atomic E-state index is 12.1. The molecule has 53 heavy (non-hydrogen) atoms. The Kier molecular flexibility index (Phi) is 17.1. The molecule has 0 aliphatic heterocycles. The van der Waals surface area contributed by atoms with Gasteiger partial charge in [-0.25, -0.2) is 9.59 Å². The highest BCUT2D eigenvalue weighted by Gasteiger charge is 2.14. The second-order valence-corrected chi connectivity index (χ2v) is 11.1. The van der Waals surface area contributed by atoms with Gasteiger partial charge in [-0.05, 0) is 71.8 Å². The van der Waals surface area contributed by atoms with Crippen LogP contribution in [-0.4, -0.2) is 93.2 Å². The van der Waals surface area contributed by atoms with Crippen molar-refractivity contribution in [3.05, 3.63) is 107 Å². The largest absolute Gasteiger partial charge is 0.497 e. The molecule has 0 amide bonds. The predicted molar refractivity (Wildman–Crippen MR) is 194 cm³/mol. The van der Waals surface area contributed by atoms with E-state index in [-0.39, 0.29) is 13.2 Å². The van der Waals surface area contributed by atoms with E-state index in [2.05, 4.69) is 0 Å². The van der Waals surface area contributed by atoms with Gasteiger partial charge in [-0.2, -0.15) is 0 Å². The topological polar surface area (TPSA) is 136 Å². The Hall–Kier alpha value is -5.50. The predicted octanol–water partition coefficient (Wildman–Crippen LogP) is 5.94. The van der Waals surface area contributed by atoms with E-state index in [4.69, 9.17) is 52.1 Å². The minimum atomic E-state index is -0.479. The van der Waals surface area contributed by atoms with Crippen LogP contribution in [0.15, 0.2) is 84.9 Å². The number of esters is 2. The van der Waals surface area contributed by atoms with E-state index >= 15 is 0 Å². The van der Waals surface area contributed by atoms with Crippen LogP contribution < -0.4 is 28.4 Å². The van der Waals surface area contributed by atoms with Crippen molar-refractivity contribution in [2.24, 2.45) is 0 Å². The third-order valence-corrected chi connectivity index (χ3v) is 7.55. The van der Waals surface area contributed by atoms with Gasteiger partial charge in [0, 0.05) is 0 Å². The molecule has 0 saturated heterocycles. The molecule has 13 heteroatoms. The summed E-state index contributed by atoms with van der Waals surface area (Å²) in [5.74, 6) is 2.31. The minimum absolute atomic E-state index is 0.226. The fourth-order valence-corrected chi connectivity index (χ4v) is 4.70. The molecule has 0 bridgehead atoms. The molecule has 0 N–H and O–H groups in total. The highest BCUT2D eigenvalue weighted by atomic mass is 16.6. The molecule has 0 atom stereocenters. The van der Waals surface area contributed by atoms with Gasteiger partial charge < -0.3 is 52.1 Å². The lowest BCUT2D eigenvalue weighted by molar-refractivity contribution is 0.00471. The first kappa shape index (κ1) is 40.3. The number of ether oxygens (including phenoxy) is 11. The van der Waals surface area contributed by atoms with Crippen LogP contribution in [0.4, 0.5) is 0 Å². The lowest BCUT2D eigenvalue weighted by Gasteiger charge is -2.15. The van der Waals surface area contributed by atoms with E-state index in [1.165, 1.54) is 14.2 Å². The average molecular weight is 735 g/mol. The first-order valence-corrected chi connectivity index (χ1v) is 16.9.